The summed E-state index contributed by atoms with van der Waals surface area (Å²) in [6, 6.07) is 12.5. The number of aromatic nitrogens is 3. The fourth-order valence-electron chi connectivity index (χ4n) is 4.61. The Balaban J connectivity index is 1.55. The lowest BCUT2D eigenvalue weighted by atomic mass is 9.84. The summed E-state index contributed by atoms with van der Waals surface area (Å²) in [5, 5.41) is 3.50. The lowest BCUT2D eigenvalue weighted by Gasteiger charge is -2.37. The van der Waals surface area contributed by atoms with Gasteiger partial charge in [-0.2, -0.15) is 0 Å². The number of nitrogens with one attached hydrogen (secondary N) is 1. The second-order valence-electron chi connectivity index (χ2n) is 7.85. The molecule has 2 aliphatic heterocycles. The standard InChI is InChI=1S/C22H24N4O/c1-15-4-2-3-5-17(15)14-25-9-8-24-21(25)19-6-7-20-18-10-16(11-23-12-18)13-26(20)22(19)27/h2-9,16,18,23H,10-14H2,1H3/t16-,18+/m0/s1. The molecule has 1 aromatic carbocycles. The molecule has 2 aliphatic rings. The monoisotopic (exact) mass is 360 g/mol. The molecule has 1 fully saturated rings. The summed E-state index contributed by atoms with van der Waals surface area (Å²) in [6.45, 7) is 5.63. The molecule has 0 saturated carbocycles. The van der Waals surface area contributed by atoms with Crippen molar-refractivity contribution in [2.75, 3.05) is 13.1 Å². The highest BCUT2D eigenvalue weighted by atomic mass is 16.1. The van der Waals surface area contributed by atoms with Crippen molar-refractivity contribution >= 4 is 0 Å². The van der Waals surface area contributed by atoms with Crippen LogP contribution in [0.5, 0.6) is 0 Å². The number of hydrogen-bond acceptors (Lipinski definition) is 3. The van der Waals surface area contributed by atoms with Gasteiger partial charge in [0.2, 0.25) is 0 Å². The van der Waals surface area contributed by atoms with Crippen molar-refractivity contribution in [2.24, 2.45) is 5.92 Å². The first kappa shape index (κ1) is 16.5. The lowest BCUT2D eigenvalue weighted by Crippen LogP contribution is -2.45. The van der Waals surface area contributed by atoms with Crippen molar-refractivity contribution < 1.29 is 0 Å². The molecule has 1 saturated heterocycles. The van der Waals surface area contributed by atoms with Gasteiger partial charge in [0.1, 0.15) is 5.82 Å². The molecule has 2 atom stereocenters. The van der Waals surface area contributed by atoms with Gasteiger partial charge in [-0.15, -0.1) is 0 Å². The topological polar surface area (TPSA) is 51.9 Å². The number of nitrogens with zero attached hydrogens (tertiary/aromatic N) is 3. The first-order valence-corrected chi connectivity index (χ1v) is 9.71. The zero-order chi connectivity index (χ0) is 18.4. The van der Waals surface area contributed by atoms with E-state index >= 15 is 0 Å². The van der Waals surface area contributed by atoms with E-state index in [-0.39, 0.29) is 5.56 Å². The SMILES string of the molecule is Cc1ccccc1Cn1ccnc1-c1ccc2n(c1=O)C[C@@H]1CNC[C@H]2C1. The van der Waals surface area contributed by atoms with Gasteiger partial charge in [-0.25, -0.2) is 4.98 Å². The summed E-state index contributed by atoms with van der Waals surface area (Å²) in [4.78, 5) is 17.8. The fraction of sp³-hybridized carbons (Fsp3) is 0.364. The highest BCUT2D eigenvalue weighted by Gasteiger charge is 2.31. The van der Waals surface area contributed by atoms with Crippen molar-refractivity contribution in [3.05, 3.63) is 76.0 Å². The van der Waals surface area contributed by atoms with Crippen molar-refractivity contribution in [3.63, 3.8) is 0 Å². The second-order valence-corrected chi connectivity index (χ2v) is 7.85. The van der Waals surface area contributed by atoms with Crippen molar-refractivity contribution in [1.29, 1.82) is 0 Å². The van der Waals surface area contributed by atoms with E-state index in [0.717, 1.165) is 32.0 Å². The molecule has 2 aromatic heterocycles. The lowest BCUT2D eigenvalue weighted by molar-refractivity contribution is 0.257. The number of piperidine rings is 1. The van der Waals surface area contributed by atoms with Crippen LogP contribution in [0.1, 0.15) is 29.2 Å². The quantitative estimate of drug-likeness (QED) is 0.781. The first-order chi connectivity index (χ1) is 13.2. The Labute approximate surface area is 158 Å². The molecule has 5 heteroatoms. The van der Waals surface area contributed by atoms with Crippen LogP contribution >= 0.6 is 0 Å². The van der Waals surface area contributed by atoms with Gasteiger partial charge < -0.3 is 14.5 Å². The Kier molecular flexibility index (Phi) is 3.97. The van der Waals surface area contributed by atoms with Crippen LogP contribution in [0.25, 0.3) is 11.4 Å². The zero-order valence-corrected chi connectivity index (χ0v) is 15.6. The van der Waals surface area contributed by atoms with E-state index in [9.17, 15) is 4.79 Å². The molecule has 5 rings (SSSR count). The number of aryl methyl sites for hydroxylation is 1. The van der Waals surface area contributed by atoms with Gasteiger partial charge in [0, 0.05) is 43.6 Å². The number of hydrogen-bond donors (Lipinski definition) is 1. The molecule has 0 amide bonds. The molecule has 4 heterocycles. The van der Waals surface area contributed by atoms with E-state index in [2.05, 4.69) is 52.1 Å². The van der Waals surface area contributed by atoms with E-state index < -0.39 is 0 Å². The molecule has 1 N–H and O–H groups in total. The van der Waals surface area contributed by atoms with Gasteiger partial charge in [-0.1, -0.05) is 24.3 Å². The Bertz CT molecular complexity index is 1050. The van der Waals surface area contributed by atoms with Crippen molar-refractivity contribution in [1.82, 2.24) is 19.4 Å². The molecule has 3 aromatic rings. The smallest absolute Gasteiger partial charge is 0.261 e. The average Bonchev–Trinajstić information content (AvgIpc) is 3.13. The summed E-state index contributed by atoms with van der Waals surface area (Å²) < 4.78 is 4.08. The zero-order valence-electron chi connectivity index (χ0n) is 15.6. The molecule has 5 nitrogen and oxygen atoms in total. The predicted molar refractivity (Wildman–Crippen MR) is 106 cm³/mol. The molecular formula is C22H24N4O. The Morgan fingerprint density at radius 3 is 2.96 bits per heavy atom. The number of rotatable bonds is 3. The third-order valence-corrected chi connectivity index (χ3v) is 6.07. The molecule has 0 spiro atoms. The second kappa shape index (κ2) is 6.50. The molecule has 27 heavy (non-hydrogen) atoms. The van der Waals surface area contributed by atoms with E-state index in [1.54, 1.807) is 6.20 Å². The largest absolute Gasteiger partial charge is 0.326 e. The van der Waals surface area contributed by atoms with Gasteiger partial charge in [0.25, 0.3) is 5.56 Å². The summed E-state index contributed by atoms with van der Waals surface area (Å²) in [5.41, 5.74) is 4.46. The Morgan fingerprint density at radius 2 is 2.07 bits per heavy atom. The molecule has 0 radical (unpaired) electrons. The maximum absolute atomic E-state index is 13.3. The van der Waals surface area contributed by atoms with Crippen LogP contribution in [-0.2, 0) is 13.1 Å². The highest BCUT2D eigenvalue weighted by molar-refractivity contribution is 5.55. The van der Waals surface area contributed by atoms with Crippen LogP contribution in [0, 0.1) is 12.8 Å². The normalized spacial score (nSPS) is 21.1. The minimum atomic E-state index is 0.0985. The van der Waals surface area contributed by atoms with Crippen molar-refractivity contribution in [2.45, 2.75) is 32.4 Å². The van der Waals surface area contributed by atoms with Crippen LogP contribution in [0.4, 0.5) is 0 Å². The maximum Gasteiger partial charge on any atom is 0.261 e. The van der Waals surface area contributed by atoms with Crippen LogP contribution in [0.15, 0.2) is 53.6 Å². The fourth-order valence-corrected chi connectivity index (χ4v) is 4.61. The first-order valence-electron chi connectivity index (χ1n) is 9.71. The molecule has 2 bridgehead atoms. The third kappa shape index (κ3) is 2.82. The van der Waals surface area contributed by atoms with E-state index in [1.807, 2.05) is 16.8 Å². The molecule has 0 aliphatic carbocycles. The summed E-state index contributed by atoms with van der Waals surface area (Å²) >= 11 is 0. The van der Waals surface area contributed by atoms with E-state index in [1.165, 1.54) is 23.2 Å². The molecule has 0 unspecified atom stereocenters. The molecular weight excluding hydrogens is 336 g/mol. The van der Waals surface area contributed by atoms with E-state index in [0.29, 0.717) is 17.4 Å². The van der Waals surface area contributed by atoms with Gasteiger partial charge in [0.15, 0.2) is 0 Å². The summed E-state index contributed by atoms with van der Waals surface area (Å²) in [7, 11) is 0. The van der Waals surface area contributed by atoms with Crippen LogP contribution in [0.2, 0.25) is 0 Å². The average molecular weight is 360 g/mol. The number of imidazole rings is 1. The number of benzene rings is 1. The van der Waals surface area contributed by atoms with Gasteiger partial charge >= 0.3 is 0 Å². The van der Waals surface area contributed by atoms with E-state index in [4.69, 9.17) is 0 Å². The highest BCUT2D eigenvalue weighted by Crippen LogP contribution is 2.32. The minimum absolute atomic E-state index is 0.0985. The Morgan fingerprint density at radius 1 is 1.19 bits per heavy atom. The van der Waals surface area contributed by atoms with Crippen molar-refractivity contribution in [3.8, 4) is 11.4 Å². The minimum Gasteiger partial charge on any atom is -0.326 e. The predicted octanol–water partition coefficient (Wildman–Crippen LogP) is 2.78. The van der Waals surface area contributed by atoms with Gasteiger partial charge in [0.05, 0.1) is 5.56 Å². The number of pyridine rings is 1. The van der Waals surface area contributed by atoms with Gasteiger partial charge in [-0.05, 0) is 49.1 Å². The molecule has 138 valence electrons. The number of fused-ring (bicyclic) bond motifs is 4. The van der Waals surface area contributed by atoms with Crippen LogP contribution < -0.4 is 10.9 Å². The summed E-state index contributed by atoms with van der Waals surface area (Å²) in [5.74, 6) is 1.76. The third-order valence-electron chi connectivity index (χ3n) is 6.07. The summed E-state index contributed by atoms with van der Waals surface area (Å²) in [6.07, 6.45) is 4.94. The maximum atomic E-state index is 13.3. The van der Waals surface area contributed by atoms with Crippen LogP contribution in [0.3, 0.4) is 0 Å². The Hall–Kier alpha value is -2.66. The van der Waals surface area contributed by atoms with Gasteiger partial charge in [-0.3, -0.25) is 4.79 Å². The van der Waals surface area contributed by atoms with Crippen LogP contribution in [-0.4, -0.2) is 27.2 Å².